The number of carbonyl (C=O) groups excluding carboxylic acids is 1. The zero-order valence-corrected chi connectivity index (χ0v) is 10.4. The highest BCUT2D eigenvalue weighted by Gasteiger charge is 2.05. The first-order valence-corrected chi connectivity index (χ1v) is 5.57. The zero-order chi connectivity index (χ0) is 12.2. The molecule has 0 saturated carbocycles. The smallest absolute Gasteiger partial charge is 0.330 e. The summed E-state index contributed by atoms with van der Waals surface area (Å²) in [5.74, 6) is 0.00615. The second kappa shape index (κ2) is 10.6. The van der Waals surface area contributed by atoms with E-state index in [0.29, 0.717) is 25.7 Å². The van der Waals surface area contributed by atoms with Gasteiger partial charge in [-0.05, 0) is 25.7 Å². The summed E-state index contributed by atoms with van der Waals surface area (Å²) >= 11 is 0. The molecule has 94 valence electrons. The predicted molar refractivity (Wildman–Crippen MR) is 62.2 cm³/mol. The van der Waals surface area contributed by atoms with Gasteiger partial charge >= 0.3 is 5.97 Å². The molecule has 0 aromatic heterocycles. The first kappa shape index (κ1) is 15.1. The molecule has 0 heterocycles. The Morgan fingerprint density at radius 3 is 2.19 bits per heavy atom. The first-order chi connectivity index (χ1) is 7.74. The van der Waals surface area contributed by atoms with E-state index in [9.17, 15) is 4.79 Å². The summed E-state index contributed by atoms with van der Waals surface area (Å²) in [5.41, 5.74) is 0. The van der Waals surface area contributed by atoms with Crippen molar-refractivity contribution in [2.45, 2.75) is 19.8 Å². The standard InChI is InChI=1S/C12H22O4/c1-4-16-12(13)6-5-11(7-9-14-2)8-10-15-3/h5-6,11H,4,7-10H2,1-3H3. The topological polar surface area (TPSA) is 44.8 Å². The molecule has 0 spiro atoms. The van der Waals surface area contributed by atoms with Gasteiger partial charge in [0.15, 0.2) is 0 Å². The van der Waals surface area contributed by atoms with Gasteiger partial charge in [-0.25, -0.2) is 4.79 Å². The minimum absolute atomic E-state index is 0.290. The summed E-state index contributed by atoms with van der Waals surface area (Å²) in [4.78, 5) is 11.1. The van der Waals surface area contributed by atoms with Crippen LogP contribution < -0.4 is 0 Å². The lowest BCUT2D eigenvalue weighted by Gasteiger charge is -2.11. The van der Waals surface area contributed by atoms with Gasteiger partial charge in [0, 0.05) is 33.5 Å². The lowest BCUT2D eigenvalue weighted by atomic mass is 10.0. The van der Waals surface area contributed by atoms with Crippen LogP contribution in [0.5, 0.6) is 0 Å². The Labute approximate surface area is 97.6 Å². The fraction of sp³-hybridized carbons (Fsp3) is 0.750. The van der Waals surface area contributed by atoms with Gasteiger partial charge in [0.05, 0.1) is 6.61 Å². The molecule has 4 heteroatoms. The molecule has 0 rings (SSSR count). The number of carbonyl (C=O) groups is 1. The maximum atomic E-state index is 11.1. The third-order valence-electron chi connectivity index (χ3n) is 2.18. The third kappa shape index (κ3) is 8.44. The quantitative estimate of drug-likeness (QED) is 0.447. The minimum Gasteiger partial charge on any atom is -0.463 e. The van der Waals surface area contributed by atoms with E-state index in [1.165, 1.54) is 6.08 Å². The third-order valence-corrected chi connectivity index (χ3v) is 2.18. The highest BCUT2D eigenvalue weighted by atomic mass is 16.5. The molecule has 0 atom stereocenters. The highest BCUT2D eigenvalue weighted by Crippen LogP contribution is 2.10. The average molecular weight is 230 g/mol. The van der Waals surface area contributed by atoms with Crippen LogP contribution in [0.2, 0.25) is 0 Å². The number of hydrogen-bond donors (Lipinski definition) is 0. The van der Waals surface area contributed by atoms with E-state index in [1.807, 2.05) is 6.08 Å². The normalized spacial score (nSPS) is 11.2. The molecule has 0 bridgehead atoms. The van der Waals surface area contributed by atoms with Gasteiger partial charge < -0.3 is 14.2 Å². The molecule has 0 fully saturated rings. The number of hydrogen-bond acceptors (Lipinski definition) is 4. The number of rotatable bonds is 9. The molecule has 0 aromatic rings. The van der Waals surface area contributed by atoms with Gasteiger partial charge in [0.2, 0.25) is 0 Å². The molecule has 0 aliphatic heterocycles. The zero-order valence-electron chi connectivity index (χ0n) is 10.4. The molecule has 4 nitrogen and oxygen atoms in total. The van der Waals surface area contributed by atoms with Crippen molar-refractivity contribution >= 4 is 5.97 Å². The van der Waals surface area contributed by atoms with E-state index in [1.54, 1.807) is 21.1 Å². The molecule has 0 radical (unpaired) electrons. The molecule has 0 unspecified atom stereocenters. The summed E-state index contributed by atoms with van der Waals surface area (Å²) in [6, 6.07) is 0. The largest absolute Gasteiger partial charge is 0.463 e. The Kier molecular flexibility index (Phi) is 10.1. The van der Waals surface area contributed by atoms with Crippen LogP contribution in [-0.4, -0.2) is 40.0 Å². The number of ether oxygens (including phenoxy) is 3. The van der Waals surface area contributed by atoms with Crippen LogP contribution in [0.1, 0.15) is 19.8 Å². The Bertz CT molecular complexity index is 193. The van der Waals surface area contributed by atoms with Gasteiger partial charge in [-0.15, -0.1) is 0 Å². The van der Waals surface area contributed by atoms with Crippen molar-refractivity contribution in [2.24, 2.45) is 5.92 Å². The second-order valence-electron chi connectivity index (χ2n) is 3.43. The van der Waals surface area contributed by atoms with Crippen molar-refractivity contribution in [1.82, 2.24) is 0 Å². The van der Waals surface area contributed by atoms with Crippen LogP contribution >= 0.6 is 0 Å². The summed E-state index contributed by atoms with van der Waals surface area (Å²) in [6.45, 7) is 3.56. The van der Waals surface area contributed by atoms with Crippen molar-refractivity contribution in [3.8, 4) is 0 Å². The lowest BCUT2D eigenvalue weighted by Crippen LogP contribution is -2.07. The van der Waals surface area contributed by atoms with E-state index in [2.05, 4.69) is 0 Å². The maximum Gasteiger partial charge on any atom is 0.330 e. The molecule has 0 aliphatic rings. The summed E-state index contributed by atoms with van der Waals surface area (Å²) in [6.07, 6.45) is 5.13. The molecule has 0 aliphatic carbocycles. The highest BCUT2D eigenvalue weighted by molar-refractivity contribution is 5.81. The van der Waals surface area contributed by atoms with E-state index in [0.717, 1.165) is 12.8 Å². The Morgan fingerprint density at radius 2 is 1.75 bits per heavy atom. The number of esters is 1. The van der Waals surface area contributed by atoms with E-state index in [4.69, 9.17) is 14.2 Å². The van der Waals surface area contributed by atoms with Crippen LogP contribution in [0.25, 0.3) is 0 Å². The fourth-order valence-corrected chi connectivity index (χ4v) is 1.28. The van der Waals surface area contributed by atoms with Crippen LogP contribution in [0, 0.1) is 5.92 Å². The SMILES string of the molecule is CCOC(=O)C=CC(CCOC)CCOC. The van der Waals surface area contributed by atoms with Crippen molar-refractivity contribution in [1.29, 1.82) is 0 Å². The van der Waals surface area contributed by atoms with Crippen LogP contribution in [-0.2, 0) is 19.0 Å². The first-order valence-electron chi connectivity index (χ1n) is 5.57. The lowest BCUT2D eigenvalue weighted by molar-refractivity contribution is -0.137. The summed E-state index contributed by atoms with van der Waals surface area (Å²) in [7, 11) is 3.34. The molecule has 0 amide bonds. The number of methoxy groups -OCH3 is 2. The molecule has 0 N–H and O–H groups in total. The second-order valence-corrected chi connectivity index (χ2v) is 3.43. The summed E-state index contributed by atoms with van der Waals surface area (Å²) in [5, 5.41) is 0. The van der Waals surface area contributed by atoms with Gasteiger partial charge in [-0.3, -0.25) is 0 Å². The molecular weight excluding hydrogens is 208 g/mol. The molecule has 16 heavy (non-hydrogen) atoms. The molecule has 0 saturated heterocycles. The maximum absolute atomic E-state index is 11.1. The van der Waals surface area contributed by atoms with Crippen molar-refractivity contribution < 1.29 is 19.0 Å². The van der Waals surface area contributed by atoms with E-state index in [-0.39, 0.29) is 5.97 Å². The Morgan fingerprint density at radius 1 is 1.19 bits per heavy atom. The van der Waals surface area contributed by atoms with Crippen LogP contribution in [0.4, 0.5) is 0 Å². The monoisotopic (exact) mass is 230 g/mol. The van der Waals surface area contributed by atoms with E-state index >= 15 is 0 Å². The van der Waals surface area contributed by atoms with Gasteiger partial charge in [0.1, 0.15) is 0 Å². The average Bonchev–Trinajstić information content (AvgIpc) is 2.28. The molecular formula is C12H22O4. The minimum atomic E-state index is -0.290. The molecule has 0 aromatic carbocycles. The number of allylic oxidation sites excluding steroid dienone is 1. The summed E-state index contributed by atoms with van der Waals surface area (Å²) < 4.78 is 14.8. The Balaban J connectivity index is 4.01. The predicted octanol–water partition coefficient (Wildman–Crippen LogP) is 1.79. The van der Waals surface area contributed by atoms with Crippen molar-refractivity contribution in [2.75, 3.05) is 34.0 Å². The Hall–Kier alpha value is -0.870. The fourth-order valence-electron chi connectivity index (χ4n) is 1.28. The van der Waals surface area contributed by atoms with Crippen LogP contribution in [0.3, 0.4) is 0 Å². The van der Waals surface area contributed by atoms with Gasteiger partial charge in [-0.2, -0.15) is 0 Å². The van der Waals surface area contributed by atoms with Gasteiger partial charge in [0.25, 0.3) is 0 Å². The van der Waals surface area contributed by atoms with E-state index < -0.39 is 0 Å². The van der Waals surface area contributed by atoms with Crippen molar-refractivity contribution in [3.05, 3.63) is 12.2 Å². The van der Waals surface area contributed by atoms with Gasteiger partial charge in [-0.1, -0.05) is 6.08 Å². The van der Waals surface area contributed by atoms with Crippen LogP contribution in [0.15, 0.2) is 12.2 Å². The van der Waals surface area contributed by atoms with Crippen molar-refractivity contribution in [3.63, 3.8) is 0 Å².